The first-order chi connectivity index (χ1) is 42.6. The van der Waals surface area contributed by atoms with Crippen LogP contribution in [0.3, 0.4) is 0 Å². The summed E-state index contributed by atoms with van der Waals surface area (Å²) in [6.07, 6.45) is 23.8. The van der Waals surface area contributed by atoms with Crippen LogP contribution in [0.4, 0.5) is 8.78 Å². The van der Waals surface area contributed by atoms with Gasteiger partial charge in [0.1, 0.15) is 11.0 Å². The third-order valence-electron chi connectivity index (χ3n) is 18.6. The Morgan fingerprint density at radius 1 is 0.345 bits per heavy atom. The van der Waals surface area contributed by atoms with Gasteiger partial charge < -0.3 is 0 Å². The lowest BCUT2D eigenvalue weighted by Gasteiger charge is -2.13. The number of fused-ring (bicyclic) bond motifs is 5. The van der Waals surface area contributed by atoms with Gasteiger partial charge in [0.25, 0.3) is 0 Å². The van der Waals surface area contributed by atoms with Gasteiger partial charge in [0, 0.05) is 111 Å². The van der Waals surface area contributed by atoms with Gasteiger partial charge in [-0.15, -0.1) is 90.7 Å². The van der Waals surface area contributed by atoms with Crippen LogP contribution in [0.5, 0.6) is 0 Å². The number of thiophene rings is 8. The van der Waals surface area contributed by atoms with Crippen molar-refractivity contribution in [3.05, 3.63) is 115 Å². The predicted octanol–water partition coefficient (Wildman–Crippen LogP) is 28.1. The van der Waals surface area contributed by atoms with E-state index in [2.05, 4.69) is 139 Å². The van der Waals surface area contributed by atoms with Crippen LogP contribution in [0, 0.1) is 35.3 Å². The van der Waals surface area contributed by atoms with Gasteiger partial charge in [0.2, 0.25) is 0 Å². The first kappa shape index (κ1) is 63.1. The highest BCUT2D eigenvalue weighted by Crippen LogP contribution is 2.57. The van der Waals surface area contributed by atoms with Crippen molar-refractivity contribution in [3.8, 4) is 62.6 Å². The summed E-state index contributed by atoms with van der Waals surface area (Å²) in [6.45, 7) is 18.5. The number of aromatic nitrogens is 2. The maximum absolute atomic E-state index is 18.3. The number of rotatable bonds is 30. The second-order valence-corrected chi connectivity index (χ2v) is 33.6. The van der Waals surface area contributed by atoms with E-state index in [4.69, 9.17) is 8.75 Å². The molecule has 0 amide bonds. The summed E-state index contributed by atoms with van der Waals surface area (Å²) in [4.78, 5) is 11.9. The zero-order valence-electron chi connectivity index (χ0n) is 51.9. The number of benzene rings is 3. The average molecular weight is 1330 g/mol. The van der Waals surface area contributed by atoms with E-state index in [1.165, 1.54) is 184 Å². The van der Waals surface area contributed by atoms with E-state index in [9.17, 15) is 0 Å². The van der Waals surface area contributed by atoms with Gasteiger partial charge in [-0.2, -0.15) is 8.75 Å². The molecule has 456 valence electrons. The molecule has 0 saturated carbocycles. The Hall–Kier alpha value is -4.02. The molecule has 0 aliphatic carbocycles. The average Bonchev–Trinajstić information content (AvgIpc) is 1.62. The normalized spacial score (nSPS) is 13.7. The standard InChI is InChI=1S/C74H82F2N2S9/c1-9-17-21-43(13-5)37-47-25-29-55(81-47)61-51-33-35-79-71(51)63(57-31-27-49(83-57)39-45(15-7)23-19-11-3)53-41-59(85-73(53)61)65-67(75)68(76)66(70-69(65)77-87-78-70)60-42-54-64(58-32-28-50(84-58)40-46(16-8)24-20-12-4)72-52(34-36-80-72)62(74(54)86-60)56-30-26-48(82-56)38-44(14-6)22-18-10-2/h25-36,41-46H,9-24,37-40H2,1-8H3. The number of unbranched alkanes of at least 4 members (excludes halogenated alkanes) is 4. The molecule has 12 aromatic rings. The Morgan fingerprint density at radius 3 is 0.954 bits per heavy atom. The number of halogens is 2. The molecular weight excluding hydrogens is 1240 g/mol. The van der Waals surface area contributed by atoms with E-state index >= 15 is 8.78 Å². The molecule has 2 nitrogen and oxygen atoms in total. The summed E-state index contributed by atoms with van der Waals surface area (Å²) in [5.74, 6) is 0.890. The molecule has 12 rings (SSSR count). The minimum Gasteiger partial charge on any atom is -0.203 e. The molecule has 4 atom stereocenters. The quantitative estimate of drug-likeness (QED) is 0.0448. The third-order valence-corrected chi connectivity index (χ3v) is 27.9. The minimum atomic E-state index is -0.861. The monoisotopic (exact) mass is 1320 g/mol. The largest absolute Gasteiger partial charge is 0.203 e. The van der Waals surface area contributed by atoms with E-state index < -0.39 is 11.6 Å². The molecular formula is C74H82F2N2S9. The highest BCUT2D eigenvalue weighted by atomic mass is 32.1. The van der Waals surface area contributed by atoms with Gasteiger partial charge in [0.15, 0.2) is 11.6 Å². The summed E-state index contributed by atoms with van der Waals surface area (Å²) < 4.78 is 51.1. The zero-order valence-corrected chi connectivity index (χ0v) is 59.2. The maximum atomic E-state index is 18.3. The first-order valence-corrected chi connectivity index (χ1v) is 39.9. The summed E-state index contributed by atoms with van der Waals surface area (Å²) in [5.41, 5.74) is 6.04. The molecule has 0 fully saturated rings. The third kappa shape index (κ3) is 12.9. The summed E-state index contributed by atoms with van der Waals surface area (Å²) in [7, 11) is 0. The summed E-state index contributed by atoms with van der Waals surface area (Å²) >= 11 is 15.5. The lowest BCUT2D eigenvalue weighted by molar-refractivity contribution is 0.452. The molecule has 0 saturated heterocycles. The lowest BCUT2D eigenvalue weighted by Crippen LogP contribution is -2.01. The fraction of sp³-hybridized carbons (Fsp3) is 0.432. The molecule has 0 radical (unpaired) electrons. The Balaban J connectivity index is 1.03. The molecule has 0 bridgehead atoms. The molecule has 0 spiro atoms. The topological polar surface area (TPSA) is 25.8 Å². The number of hydrogen-bond acceptors (Lipinski definition) is 11. The number of nitrogens with zero attached hydrogens (tertiary/aromatic N) is 2. The van der Waals surface area contributed by atoms with Gasteiger partial charge in [-0.25, -0.2) is 8.78 Å². The second-order valence-electron chi connectivity index (χ2n) is 24.4. The van der Waals surface area contributed by atoms with Crippen molar-refractivity contribution in [2.24, 2.45) is 23.7 Å². The molecule has 9 heterocycles. The Morgan fingerprint density at radius 2 is 0.655 bits per heavy atom. The molecule has 13 heteroatoms. The molecule has 3 aromatic carbocycles. The van der Waals surface area contributed by atoms with Crippen molar-refractivity contribution >= 4 is 154 Å². The minimum absolute atomic E-state index is 0.206. The van der Waals surface area contributed by atoms with E-state index in [1.54, 1.807) is 45.3 Å². The summed E-state index contributed by atoms with van der Waals surface area (Å²) in [5, 5.41) is 9.11. The molecule has 9 aromatic heterocycles. The number of hydrogen-bond donors (Lipinski definition) is 0. The van der Waals surface area contributed by atoms with Gasteiger partial charge in [-0.05, 0) is 133 Å². The smallest absolute Gasteiger partial charge is 0.170 e. The van der Waals surface area contributed by atoms with E-state index in [0.29, 0.717) is 44.5 Å². The van der Waals surface area contributed by atoms with E-state index in [0.717, 1.165) is 57.6 Å². The van der Waals surface area contributed by atoms with E-state index in [1.807, 2.05) is 45.3 Å². The SMILES string of the molecule is CCCCC(CC)Cc1ccc(-c2c3cc(-c4c(F)c(F)c(-c5cc6c(-c7ccc(CC(CC)CCCC)s7)c7sccc7c(-c7ccc(CC(CC)CCCC)s7)c6s5)c5nsnc45)sc3c(-c3ccc(CC(CC)CCCC)s3)c3ccsc23)s1. The van der Waals surface area contributed by atoms with Crippen LogP contribution in [0.1, 0.15) is 178 Å². The predicted molar refractivity (Wildman–Crippen MR) is 391 cm³/mol. The maximum Gasteiger partial charge on any atom is 0.170 e. The summed E-state index contributed by atoms with van der Waals surface area (Å²) in [6, 6.07) is 27.6. The van der Waals surface area contributed by atoms with Crippen LogP contribution in [0.2, 0.25) is 0 Å². The Labute approximate surface area is 551 Å². The van der Waals surface area contributed by atoms with E-state index in [-0.39, 0.29) is 11.1 Å². The van der Waals surface area contributed by atoms with Gasteiger partial charge >= 0.3 is 0 Å². The van der Waals surface area contributed by atoms with Gasteiger partial charge in [0.05, 0.1) is 22.9 Å². The van der Waals surface area contributed by atoms with Crippen molar-refractivity contribution in [1.82, 2.24) is 8.75 Å². The highest BCUT2D eigenvalue weighted by Gasteiger charge is 2.32. The van der Waals surface area contributed by atoms with Crippen LogP contribution < -0.4 is 0 Å². The fourth-order valence-electron chi connectivity index (χ4n) is 13.4. The van der Waals surface area contributed by atoms with Crippen LogP contribution in [-0.4, -0.2) is 8.75 Å². The molecule has 0 aliphatic heterocycles. The van der Waals surface area contributed by atoms with Crippen molar-refractivity contribution < 1.29 is 8.78 Å². The van der Waals surface area contributed by atoms with Crippen molar-refractivity contribution in [2.75, 3.05) is 0 Å². The Bertz CT molecular complexity index is 3790. The fourth-order valence-corrected chi connectivity index (χ4v) is 23.5. The molecule has 0 N–H and O–H groups in total. The lowest BCUT2D eigenvalue weighted by atomic mass is 9.95. The van der Waals surface area contributed by atoms with Crippen LogP contribution >= 0.6 is 102 Å². The van der Waals surface area contributed by atoms with Gasteiger partial charge in [-0.3, -0.25) is 0 Å². The first-order valence-electron chi connectivity index (χ1n) is 32.5. The zero-order chi connectivity index (χ0) is 60.3. The van der Waals surface area contributed by atoms with Crippen molar-refractivity contribution in [3.63, 3.8) is 0 Å². The molecule has 87 heavy (non-hydrogen) atoms. The van der Waals surface area contributed by atoms with Crippen LogP contribution in [-0.2, 0) is 25.7 Å². The Kier molecular flexibility index (Phi) is 20.8. The van der Waals surface area contributed by atoms with Crippen LogP contribution in [0.25, 0.3) is 114 Å². The van der Waals surface area contributed by atoms with Crippen molar-refractivity contribution in [2.45, 2.75) is 184 Å². The van der Waals surface area contributed by atoms with Crippen molar-refractivity contribution in [1.29, 1.82) is 0 Å². The molecule has 0 aliphatic rings. The van der Waals surface area contributed by atoms with Crippen LogP contribution in [0.15, 0.2) is 83.6 Å². The van der Waals surface area contributed by atoms with Gasteiger partial charge in [-0.1, -0.05) is 158 Å². The second kappa shape index (κ2) is 28.7. The molecule has 4 unspecified atom stereocenters. The highest BCUT2D eigenvalue weighted by molar-refractivity contribution is 7.26.